The Balaban J connectivity index is 0.000000186. The molecule has 0 aromatic heterocycles. The molecule has 14 aliphatic heterocycles. The SMILES string of the molecule is CC(C)N1CCC(NC(=O)C2CCCN2)CC1.CC(C)N1CCC(NC(=O)N2CCC(C(F)(F)F)C2)CC1.CC(C)N1CCC(NC(=O)N2CCC(F)C2)CC1.CC(C)N1CCC(NC(=O)N2CCCC2(C)C)CC1.CC(C)N1CCC(NC(=O)N2CCCC2)CC1.CC(C)N1CCC(NC(=O)N2CCCC2)CC1.CC1(C)CCN(C(=O)NC2CCN(C(C)(C)C)CC2)C1. The average molecular weight is 1830 g/mol. The Kier molecular flexibility index (Phi) is 44.3. The van der Waals surface area contributed by atoms with E-state index in [9.17, 15) is 51.1 Å². The molecule has 28 nitrogen and oxygen atoms in total. The van der Waals surface area contributed by atoms with Gasteiger partial charge in [0, 0.05) is 247 Å². The van der Waals surface area contributed by atoms with Crippen molar-refractivity contribution in [2.24, 2.45) is 11.3 Å². The summed E-state index contributed by atoms with van der Waals surface area (Å²) in [6.45, 7) is 65.4. The molecule has 14 rings (SSSR count). The second-order valence-electron chi connectivity index (χ2n) is 43.8. The van der Waals surface area contributed by atoms with Crippen LogP contribution in [0.5, 0.6) is 0 Å². The third-order valence-corrected chi connectivity index (χ3v) is 29.9. The monoisotopic (exact) mass is 1830 g/mol. The summed E-state index contributed by atoms with van der Waals surface area (Å²) in [7, 11) is 0. The lowest BCUT2D eigenvalue weighted by Crippen LogP contribution is -2.53. The number of nitrogens with one attached hydrogen (secondary N) is 8. The van der Waals surface area contributed by atoms with Gasteiger partial charge in [-0.3, -0.25) is 9.69 Å². The van der Waals surface area contributed by atoms with E-state index in [4.69, 9.17) is 0 Å². The Hall–Kier alpha value is -5.51. The van der Waals surface area contributed by atoms with E-state index in [0.29, 0.717) is 79.4 Å². The van der Waals surface area contributed by atoms with Gasteiger partial charge in [0.1, 0.15) is 6.17 Å². The number of rotatable bonds is 14. The van der Waals surface area contributed by atoms with Crippen LogP contribution < -0.4 is 42.5 Å². The number of amides is 13. The maximum absolute atomic E-state index is 13.0. The Bertz CT molecular complexity index is 3150. The van der Waals surface area contributed by atoms with E-state index >= 15 is 0 Å². The highest BCUT2D eigenvalue weighted by atomic mass is 19.4. The number of nitrogens with zero attached hydrogens (tertiary/aromatic N) is 13. The highest BCUT2D eigenvalue weighted by Gasteiger charge is 2.46. The third-order valence-electron chi connectivity index (χ3n) is 29.9. The van der Waals surface area contributed by atoms with Crippen molar-refractivity contribution in [1.29, 1.82) is 0 Å². The van der Waals surface area contributed by atoms with Gasteiger partial charge in [0.15, 0.2) is 0 Å². The molecule has 0 spiro atoms. The fourth-order valence-corrected chi connectivity index (χ4v) is 20.6. The van der Waals surface area contributed by atoms with E-state index in [1.807, 2.05) is 19.6 Å². The molecule has 14 fully saturated rings. The molecule has 746 valence electrons. The van der Waals surface area contributed by atoms with Gasteiger partial charge in [-0.05, 0) is 290 Å². The van der Waals surface area contributed by atoms with E-state index in [0.717, 1.165) is 266 Å². The molecule has 14 heterocycles. The van der Waals surface area contributed by atoms with Gasteiger partial charge in [0.2, 0.25) is 5.91 Å². The van der Waals surface area contributed by atoms with Gasteiger partial charge >= 0.3 is 42.4 Å². The molecule has 14 aliphatic rings. The molecule has 0 aromatic carbocycles. The minimum absolute atomic E-state index is 0.0166. The number of carbonyl (C=O) groups excluding carboxylic acids is 7. The summed E-state index contributed by atoms with van der Waals surface area (Å²) in [6.07, 6.45) is 20.2. The highest BCUT2D eigenvalue weighted by molar-refractivity contribution is 5.82. The lowest BCUT2D eigenvalue weighted by molar-refractivity contribution is -0.169. The maximum atomic E-state index is 13.0. The number of halogens is 4. The molecule has 3 atom stereocenters. The van der Waals surface area contributed by atoms with Crippen molar-refractivity contribution < 1.29 is 51.1 Å². The first-order valence-electron chi connectivity index (χ1n) is 51.2. The van der Waals surface area contributed by atoms with Gasteiger partial charge in [-0.15, -0.1) is 0 Å². The molecular weight excluding hydrogens is 1650 g/mol. The molecule has 32 heteroatoms. The fraction of sp³-hybridized carbons (Fsp3) is 0.928. The summed E-state index contributed by atoms with van der Waals surface area (Å²) < 4.78 is 50.9. The molecule has 3 unspecified atom stereocenters. The van der Waals surface area contributed by atoms with E-state index in [1.165, 1.54) is 30.6 Å². The first kappa shape index (κ1) is 109. The smallest absolute Gasteiger partial charge is 0.352 e. The van der Waals surface area contributed by atoms with Crippen LogP contribution in [0.4, 0.5) is 46.3 Å². The van der Waals surface area contributed by atoms with Gasteiger partial charge in [-0.2, -0.15) is 13.2 Å². The lowest BCUT2D eigenvalue weighted by atomic mass is 9.93. The number of hydrogen-bond acceptors (Lipinski definition) is 15. The molecule has 8 N–H and O–H groups in total. The van der Waals surface area contributed by atoms with Crippen molar-refractivity contribution >= 4 is 42.1 Å². The quantitative estimate of drug-likeness (QED) is 0.0753. The van der Waals surface area contributed by atoms with Gasteiger partial charge in [-0.1, -0.05) is 13.8 Å². The molecule has 0 saturated carbocycles. The van der Waals surface area contributed by atoms with Crippen molar-refractivity contribution in [2.75, 3.05) is 170 Å². The van der Waals surface area contributed by atoms with Crippen molar-refractivity contribution in [3.8, 4) is 0 Å². The Morgan fingerprint density at radius 2 is 0.636 bits per heavy atom. The lowest BCUT2D eigenvalue weighted by Gasteiger charge is -2.41. The summed E-state index contributed by atoms with van der Waals surface area (Å²) in [5, 5.41) is 25.2. The maximum Gasteiger partial charge on any atom is 0.393 e. The average Bonchev–Trinajstić information content (AvgIpc) is 1.68. The zero-order valence-electron chi connectivity index (χ0n) is 84.0. The minimum atomic E-state index is -4.20. The topological polar surface area (TPSA) is 258 Å². The van der Waals surface area contributed by atoms with Crippen molar-refractivity contribution in [2.45, 2.75) is 400 Å². The predicted octanol–water partition coefficient (Wildman–Crippen LogP) is 13.3. The summed E-state index contributed by atoms with van der Waals surface area (Å²) in [5.41, 5.74) is 0.559. The number of likely N-dealkylation sites (tertiary alicyclic amines) is 13. The van der Waals surface area contributed by atoms with Crippen molar-refractivity contribution in [3.05, 3.63) is 0 Å². The van der Waals surface area contributed by atoms with Crippen molar-refractivity contribution in [3.63, 3.8) is 0 Å². The molecule has 14 saturated heterocycles. The fourth-order valence-electron chi connectivity index (χ4n) is 20.6. The summed E-state index contributed by atoms with van der Waals surface area (Å²) in [6, 6.07) is 6.03. The first-order valence-corrected chi connectivity index (χ1v) is 51.2. The van der Waals surface area contributed by atoms with Gasteiger partial charge in [0.05, 0.1) is 18.5 Å². The highest BCUT2D eigenvalue weighted by Crippen LogP contribution is 2.35. The molecule has 0 aromatic rings. The Morgan fingerprint density at radius 3 is 0.907 bits per heavy atom. The van der Waals surface area contributed by atoms with Crippen LogP contribution in [0, 0.1) is 11.3 Å². The van der Waals surface area contributed by atoms with E-state index < -0.39 is 18.3 Å². The molecule has 129 heavy (non-hydrogen) atoms. The van der Waals surface area contributed by atoms with Gasteiger partial charge < -0.3 is 101 Å². The van der Waals surface area contributed by atoms with Crippen LogP contribution in [0.1, 0.15) is 292 Å². The summed E-state index contributed by atoms with van der Waals surface area (Å²) in [4.78, 5) is 112. The van der Waals surface area contributed by atoms with E-state index in [-0.39, 0.29) is 103 Å². The number of urea groups is 6. The Labute approximate surface area is 777 Å². The van der Waals surface area contributed by atoms with Crippen LogP contribution >= 0.6 is 0 Å². The van der Waals surface area contributed by atoms with Crippen molar-refractivity contribution in [1.82, 2.24) is 106 Å². The molecule has 0 bridgehead atoms. The zero-order valence-corrected chi connectivity index (χ0v) is 84.0. The number of carbonyl (C=O) groups is 7. The predicted molar refractivity (Wildman–Crippen MR) is 512 cm³/mol. The van der Waals surface area contributed by atoms with Crippen LogP contribution in [0.15, 0.2) is 0 Å². The van der Waals surface area contributed by atoms with Gasteiger partial charge in [0.25, 0.3) is 0 Å². The third kappa shape index (κ3) is 36.9. The van der Waals surface area contributed by atoms with E-state index in [2.05, 4.69) is 208 Å². The van der Waals surface area contributed by atoms with Crippen LogP contribution in [0.3, 0.4) is 0 Å². The number of hydrogen-bond donors (Lipinski definition) is 8. The molecule has 13 amide bonds. The minimum Gasteiger partial charge on any atom is -0.352 e. The number of alkyl halides is 4. The molecule has 0 radical (unpaired) electrons. The Morgan fingerprint density at radius 1 is 0.326 bits per heavy atom. The largest absolute Gasteiger partial charge is 0.393 e. The standard InChI is InChI=1S/C16H31N3O.C15H29N3O.C14H24F3N3O.C13H24FN3O.3C13H25N3O/c1-15(2,3)19-9-6-13(7-10-19)17-14(20)18-11-8-16(4,5)12-18;1-12(2)17-10-6-13(7-11-17)16-14(19)18-9-5-8-15(18,3)4;1-10(2)19-7-4-12(5-8-19)18-13(21)20-6-3-11(9-20)14(15,16)17;1-10(2)16-7-4-12(5-8-16)15-13(18)17-6-3-11(14)9-17;1-10(2)16-8-5-11(6-9-16)15-13(17)12-4-3-7-14-12;2*1-11(2)15-9-5-12(6-10-15)14-13(17)16-7-3-4-8-16/h13H,6-12H2,1-5H3,(H,17,20);12-13H,5-11H2,1-4H3,(H,16,19);10-12H,3-9H2,1-2H3,(H,18,21);10-12H,3-9H2,1-2H3,(H,15,18);10-12,14H,3-9H2,1-2H3,(H,15,17);2*11-12H,3-10H2,1-2H3,(H,14,17). The number of piperidine rings is 7. The first-order chi connectivity index (χ1) is 60.9. The van der Waals surface area contributed by atoms with Crippen LogP contribution in [0.2, 0.25) is 0 Å². The second kappa shape index (κ2) is 52.5. The van der Waals surface area contributed by atoms with Gasteiger partial charge in [-0.25, -0.2) is 33.2 Å². The van der Waals surface area contributed by atoms with E-state index in [1.54, 1.807) is 4.90 Å². The molecule has 0 aliphatic carbocycles. The van der Waals surface area contributed by atoms with Crippen LogP contribution in [-0.4, -0.2) is 384 Å². The molecular formula is C97H183F4N21O7. The normalized spacial score (nSPS) is 25.3. The second-order valence-corrected chi connectivity index (χ2v) is 43.8. The van der Waals surface area contributed by atoms with Crippen LogP contribution in [-0.2, 0) is 4.79 Å². The van der Waals surface area contributed by atoms with Crippen LogP contribution in [0.25, 0.3) is 0 Å². The summed E-state index contributed by atoms with van der Waals surface area (Å²) >= 11 is 0. The summed E-state index contributed by atoms with van der Waals surface area (Å²) in [5.74, 6) is -1.16. The zero-order chi connectivity index (χ0) is 94.5.